The number of nitrogens with one attached hydrogen (secondary N) is 2. The third kappa shape index (κ3) is 13.5. The first-order valence-electron chi connectivity index (χ1n) is 26.7. The maximum atomic E-state index is 14.4. The molecule has 466 valence electrons. The lowest BCUT2D eigenvalue weighted by atomic mass is 9.91. The highest BCUT2D eigenvalue weighted by Gasteiger charge is 2.52. The van der Waals surface area contributed by atoms with E-state index < -0.39 is 134 Å². The Hall–Kier alpha value is -7.20. The van der Waals surface area contributed by atoms with Gasteiger partial charge in [-0.25, -0.2) is 55.0 Å². The molecule has 4 aromatic carbocycles. The summed E-state index contributed by atoms with van der Waals surface area (Å²) in [4.78, 5) is 36.3. The monoisotopic (exact) mass is 1310 g/mol. The summed E-state index contributed by atoms with van der Waals surface area (Å²) in [5.41, 5.74) is -0.262. The molecule has 6 N–H and O–H groups in total. The zero-order valence-electron chi connectivity index (χ0n) is 45.7. The highest BCUT2D eigenvalue weighted by atomic mass is 35.5. The van der Waals surface area contributed by atoms with Crippen LogP contribution in [0.2, 0.25) is 20.1 Å². The molecule has 2 aliphatic heterocycles. The number of halogens is 10. The number of rotatable bonds is 21. The Morgan fingerprint density at radius 3 is 1.33 bits per heavy atom. The molecule has 8 aromatic rings. The van der Waals surface area contributed by atoms with E-state index in [1.54, 1.807) is 13.8 Å². The molecule has 88 heavy (non-hydrogen) atoms. The second kappa shape index (κ2) is 27.3. The molecule has 2 saturated heterocycles. The summed E-state index contributed by atoms with van der Waals surface area (Å²) >= 11 is 25.9. The van der Waals surface area contributed by atoms with Crippen LogP contribution in [0.5, 0.6) is 0 Å². The largest absolute Gasteiger partial charge is 0.394 e. The van der Waals surface area contributed by atoms with Gasteiger partial charge >= 0.3 is 0 Å². The van der Waals surface area contributed by atoms with Crippen LogP contribution in [0.15, 0.2) is 73.1 Å². The van der Waals surface area contributed by atoms with Gasteiger partial charge in [-0.1, -0.05) is 56.8 Å². The fourth-order valence-electron chi connectivity index (χ4n) is 10.1. The molecule has 2 amide bonds. The van der Waals surface area contributed by atoms with Gasteiger partial charge in [0, 0.05) is 34.3 Å². The van der Waals surface area contributed by atoms with Crippen molar-refractivity contribution >= 4 is 58.2 Å². The summed E-state index contributed by atoms with van der Waals surface area (Å²) in [5, 5.41) is 76.1. The van der Waals surface area contributed by atoms with Gasteiger partial charge < -0.3 is 50.0 Å². The van der Waals surface area contributed by atoms with Crippen LogP contribution < -0.4 is 10.6 Å². The van der Waals surface area contributed by atoms with E-state index in [0.29, 0.717) is 24.3 Å². The van der Waals surface area contributed by atoms with Gasteiger partial charge in [0.2, 0.25) is 11.8 Å². The number of benzene rings is 4. The lowest BCUT2D eigenvalue weighted by molar-refractivity contribution is -0.223. The fourth-order valence-corrected chi connectivity index (χ4v) is 10.9. The van der Waals surface area contributed by atoms with Gasteiger partial charge in [-0.3, -0.25) is 9.59 Å². The third-order valence-electron chi connectivity index (χ3n) is 14.2. The molecule has 4 aromatic heterocycles. The minimum Gasteiger partial charge on any atom is -0.394 e. The van der Waals surface area contributed by atoms with Crippen LogP contribution in [0.3, 0.4) is 0 Å². The molecule has 0 saturated carbocycles. The van der Waals surface area contributed by atoms with Gasteiger partial charge in [-0.15, -0.1) is 10.2 Å². The summed E-state index contributed by atoms with van der Waals surface area (Å²) < 4.78 is 115. The number of aryl methyl sites for hydroxylation is 2. The van der Waals surface area contributed by atoms with Gasteiger partial charge in [-0.2, -0.15) is 10.2 Å². The zero-order chi connectivity index (χ0) is 62.8. The molecule has 24 nitrogen and oxygen atoms in total. The SMILES string of the molecule is Cc1nc(C2OC(CO)C(O)C(n3cc(-c4cc(F)c(F)c(F)c4)nn3)C2OCC(=O)NCCCCNC(=O)COC2C(c3nc(C)nn3-c3cc(Cl)ccc3Cl)OC(CO)C(O)C2n2cc(-c3cc(F)c(F)c(F)c3)nn2)n(-c2cc(Cl)ccc2Cl)n1. The van der Waals surface area contributed by atoms with Crippen molar-refractivity contribution in [3.8, 4) is 33.9 Å². The Balaban J connectivity index is 0.825. The van der Waals surface area contributed by atoms with E-state index >= 15 is 0 Å². The topological polar surface area (TPSA) is 299 Å². The molecular weight excluding hydrogens is 1260 g/mol. The number of carbonyl (C=O) groups is 2. The van der Waals surface area contributed by atoms with Crippen molar-refractivity contribution in [1.29, 1.82) is 0 Å². The molecule has 0 bridgehead atoms. The Labute approximate surface area is 513 Å². The molecule has 0 spiro atoms. The first kappa shape index (κ1) is 63.8. The number of carbonyl (C=O) groups excluding carboxylic acids is 2. The Morgan fingerprint density at radius 1 is 0.591 bits per heavy atom. The highest BCUT2D eigenvalue weighted by Crippen LogP contribution is 2.43. The lowest BCUT2D eigenvalue weighted by Crippen LogP contribution is -2.54. The van der Waals surface area contributed by atoms with Crippen LogP contribution in [-0.4, -0.2) is 168 Å². The number of hydrogen-bond donors (Lipinski definition) is 6. The number of aromatic nitrogens is 12. The number of nitrogens with zero attached hydrogens (tertiary/aromatic N) is 12. The van der Waals surface area contributed by atoms with Crippen molar-refractivity contribution < 1.29 is 75.3 Å². The van der Waals surface area contributed by atoms with E-state index in [2.05, 4.69) is 51.4 Å². The summed E-state index contributed by atoms with van der Waals surface area (Å²) in [7, 11) is 0. The van der Waals surface area contributed by atoms with E-state index in [9.17, 15) is 56.4 Å². The van der Waals surface area contributed by atoms with E-state index in [0.717, 1.165) is 9.36 Å². The summed E-state index contributed by atoms with van der Waals surface area (Å²) in [6.07, 6.45) is -8.81. The van der Waals surface area contributed by atoms with Crippen molar-refractivity contribution in [3.63, 3.8) is 0 Å². The van der Waals surface area contributed by atoms with Gasteiger partial charge in [-0.05, 0) is 87.4 Å². The minimum atomic E-state index is -1.71. The molecule has 10 rings (SSSR count). The summed E-state index contributed by atoms with van der Waals surface area (Å²) in [5.74, 6) is -10.4. The number of amides is 2. The molecule has 2 aliphatic rings. The smallest absolute Gasteiger partial charge is 0.246 e. The van der Waals surface area contributed by atoms with Crippen molar-refractivity contribution in [3.05, 3.63) is 151 Å². The number of aliphatic hydroxyl groups excluding tert-OH is 4. The first-order valence-corrected chi connectivity index (χ1v) is 28.2. The normalized spacial score (nSPS) is 22.1. The van der Waals surface area contributed by atoms with Crippen LogP contribution in [0, 0.1) is 48.8 Å². The van der Waals surface area contributed by atoms with E-state index in [-0.39, 0.29) is 103 Å². The van der Waals surface area contributed by atoms with Crippen LogP contribution in [0.1, 0.15) is 60.4 Å². The van der Waals surface area contributed by atoms with E-state index in [4.69, 9.17) is 65.4 Å². The number of unbranched alkanes of at least 4 members (excludes halogenated alkanes) is 1. The second-order valence-corrected chi connectivity index (χ2v) is 21.9. The maximum Gasteiger partial charge on any atom is 0.246 e. The molecular formula is C54H50Cl4F6N14O10. The van der Waals surface area contributed by atoms with E-state index in [1.165, 1.54) is 58.2 Å². The molecule has 0 aliphatic carbocycles. The number of hydrogen-bond acceptors (Lipinski definition) is 18. The van der Waals surface area contributed by atoms with Crippen molar-refractivity contribution in [2.45, 2.75) is 87.6 Å². The van der Waals surface area contributed by atoms with Crippen LogP contribution >= 0.6 is 46.4 Å². The number of ether oxygens (including phenoxy) is 4. The van der Waals surface area contributed by atoms with Gasteiger partial charge in [0.25, 0.3) is 0 Å². The Bertz CT molecular complexity index is 3580. The van der Waals surface area contributed by atoms with E-state index in [1.807, 2.05) is 0 Å². The average Bonchev–Trinajstić information content (AvgIpc) is 1.58. The Kier molecular flexibility index (Phi) is 19.8. The standard InChI is InChI=1S/C54H50Cl4F6N14O10/c1-23-67-53(77(71-23)37-15-27(55)5-7-29(37)57)51-49(45(47(83)39(19-79)87-51)75-17-35(69-73-75)25-11-31(59)43(63)32(60)12-25)85-21-41(81)65-9-3-4-10-66-42(82)22-86-50-46(76-18-36(70-74-76)26-13-33(61)44(64)34(62)14-26)48(84)40(20-80)88-52(50)54-68-24(2)72-78(54)38-16-28(56)6-8-30(38)58/h5-8,11-18,39-40,45-52,79-80,83-84H,3-4,9-10,19-22H2,1-2H3,(H,65,81)(H,66,82). The quantitative estimate of drug-likeness (QED) is 0.0274. The first-order chi connectivity index (χ1) is 42.1. The zero-order valence-corrected chi connectivity index (χ0v) is 48.8. The maximum absolute atomic E-state index is 14.4. The lowest BCUT2D eigenvalue weighted by Gasteiger charge is -2.43. The van der Waals surface area contributed by atoms with Crippen molar-refractivity contribution in [2.75, 3.05) is 39.5 Å². The average molecular weight is 1310 g/mol. The predicted octanol–water partition coefficient (Wildman–Crippen LogP) is 5.98. The Morgan fingerprint density at radius 2 is 0.966 bits per heavy atom. The summed E-state index contributed by atoms with van der Waals surface area (Å²) in [6, 6.07) is 9.09. The van der Waals surface area contributed by atoms with Gasteiger partial charge in [0.15, 0.2) is 46.6 Å². The van der Waals surface area contributed by atoms with Gasteiger partial charge in [0.1, 0.15) is 97.2 Å². The molecule has 34 heteroatoms. The predicted molar refractivity (Wildman–Crippen MR) is 297 cm³/mol. The molecule has 10 unspecified atom stereocenters. The molecule has 0 radical (unpaired) electrons. The van der Waals surface area contributed by atoms with Crippen LogP contribution in [-0.2, 0) is 28.5 Å². The second-order valence-electron chi connectivity index (χ2n) is 20.2. The van der Waals surface area contributed by atoms with Gasteiger partial charge in [0.05, 0.1) is 47.0 Å². The number of aliphatic hydroxyl groups is 4. The molecule has 2 fully saturated rings. The summed E-state index contributed by atoms with van der Waals surface area (Å²) in [6.45, 7) is 0.266. The van der Waals surface area contributed by atoms with Crippen molar-refractivity contribution in [1.82, 2.24) is 70.2 Å². The highest BCUT2D eigenvalue weighted by molar-refractivity contribution is 6.35. The minimum absolute atomic E-state index is 0.0150. The fraction of sp³-hybridized carbons (Fsp3) is 0.370. The molecule has 6 heterocycles. The van der Waals surface area contributed by atoms with Crippen LogP contribution in [0.4, 0.5) is 26.3 Å². The third-order valence-corrected chi connectivity index (χ3v) is 15.4. The van der Waals surface area contributed by atoms with Crippen LogP contribution in [0.25, 0.3) is 33.9 Å². The molecule has 10 atom stereocenters. The van der Waals surface area contributed by atoms with Crippen molar-refractivity contribution in [2.24, 2.45) is 0 Å².